The summed E-state index contributed by atoms with van der Waals surface area (Å²) >= 11 is 0. The molecule has 0 unspecified atom stereocenters. The highest BCUT2D eigenvalue weighted by Gasteiger charge is 2.08. The van der Waals surface area contributed by atoms with Gasteiger partial charge in [-0.1, -0.05) is 97.9 Å². The van der Waals surface area contributed by atoms with Gasteiger partial charge in [-0.2, -0.15) is 0 Å². The van der Waals surface area contributed by atoms with Gasteiger partial charge >= 0.3 is 0 Å². The van der Waals surface area contributed by atoms with Crippen molar-refractivity contribution in [3.05, 3.63) is 59.7 Å². The minimum absolute atomic E-state index is 1.01. The average Bonchev–Trinajstić information content (AvgIpc) is 2.86. The Morgan fingerprint density at radius 3 is 0.941 bits per heavy atom. The van der Waals surface area contributed by atoms with Crippen molar-refractivity contribution in [2.24, 2.45) is 0 Å². The largest absolute Gasteiger partial charge is 0.372 e. The zero-order chi connectivity index (χ0) is 25.0. The summed E-state index contributed by atoms with van der Waals surface area (Å²) in [5.41, 5.74) is 5.56. The summed E-state index contributed by atoms with van der Waals surface area (Å²) in [5, 5.41) is 0. The van der Waals surface area contributed by atoms with E-state index >= 15 is 0 Å². The lowest BCUT2D eigenvalue weighted by Crippen LogP contribution is -2.25. The molecule has 0 bridgehead atoms. The van der Waals surface area contributed by atoms with Gasteiger partial charge in [-0.3, -0.25) is 0 Å². The predicted molar refractivity (Wildman–Crippen MR) is 156 cm³/mol. The molecule has 0 saturated heterocycles. The number of nitrogens with zero attached hydrogens (tertiary/aromatic N) is 2. The van der Waals surface area contributed by atoms with Crippen LogP contribution in [0.25, 0.3) is 0 Å². The molecule has 0 saturated carbocycles. The average molecular weight is 467 g/mol. The van der Waals surface area contributed by atoms with E-state index in [-0.39, 0.29) is 0 Å². The molecule has 0 aliphatic rings. The molecule has 2 nitrogen and oxygen atoms in total. The maximum Gasteiger partial charge on any atom is 0.0366 e. The first-order valence-electron chi connectivity index (χ1n) is 14.3. The third-order valence-electron chi connectivity index (χ3n) is 6.14. The smallest absolute Gasteiger partial charge is 0.0366 e. The van der Waals surface area contributed by atoms with Crippen LogP contribution in [0.3, 0.4) is 0 Å². The molecular weight excluding hydrogens is 412 g/mol. The quantitative estimate of drug-likeness (QED) is 0.243. The molecule has 0 spiro atoms. The van der Waals surface area contributed by atoms with Crippen LogP contribution in [0.2, 0.25) is 0 Å². The van der Waals surface area contributed by atoms with Gasteiger partial charge < -0.3 is 9.80 Å². The normalized spacial score (nSPS) is 10.5. The van der Waals surface area contributed by atoms with Crippen molar-refractivity contribution < 1.29 is 0 Å². The molecule has 2 aromatic rings. The summed E-state index contributed by atoms with van der Waals surface area (Å²) in [5.74, 6) is 0. The van der Waals surface area contributed by atoms with Crippen LogP contribution < -0.4 is 9.80 Å². The van der Waals surface area contributed by atoms with E-state index in [9.17, 15) is 0 Å². The van der Waals surface area contributed by atoms with Crippen molar-refractivity contribution in [1.29, 1.82) is 0 Å². The lowest BCUT2D eigenvalue weighted by Gasteiger charge is -2.25. The van der Waals surface area contributed by atoms with E-state index in [1.165, 1.54) is 106 Å². The standard InChI is InChI=1S/C29H46N2.C3H8/c1-5-9-21-30(22-10-6-2)28-17-13-26(14-18-28)25-27-15-19-29(20-16-27)31(23-11-7-3)24-12-8-4;1-3-2/h13-20H,5-12,21-25H2,1-4H3;3H2,1-2H3. The van der Waals surface area contributed by atoms with Gasteiger partial charge in [-0.25, -0.2) is 0 Å². The summed E-state index contributed by atoms with van der Waals surface area (Å²) in [6, 6.07) is 18.6. The van der Waals surface area contributed by atoms with Gasteiger partial charge in [0.15, 0.2) is 0 Å². The van der Waals surface area contributed by atoms with E-state index in [2.05, 4.69) is 99.9 Å². The molecule has 0 aliphatic heterocycles. The van der Waals surface area contributed by atoms with Gasteiger partial charge in [0.2, 0.25) is 0 Å². The predicted octanol–water partition coefficient (Wildman–Crippen LogP) is 9.51. The first-order chi connectivity index (χ1) is 16.6. The Hall–Kier alpha value is -1.96. The summed E-state index contributed by atoms with van der Waals surface area (Å²) in [4.78, 5) is 5.12. The maximum atomic E-state index is 2.56. The van der Waals surface area contributed by atoms with Crippen LogP contribution in [0.1, 0.15) is 110 Å². The molecule has 0 aromatic heterocycles. The summed E-state index contributed by atoms with van der Waals surface area (Å²) < 4.78 is 0. The lowest BCUT2D eigenvalue weighted by molar-refractivity contribution is 0.678. The third kappa shape index (κ3) is 12.0. The van der Waals surface area contributed by atoms with Gasteiger partial charge in [-0.15, -0.1) is 0 Å². The van der Waals surface area contributed by atoms with E-state index in [1.54, 1.807) is 0 Å². The van der Waals surface area contributed by atoms with Crippen molar-refractivity contribution in [2.45, 2.75) is 106 Å². The highest BCUT2D eigenvalue weighted by atomic mass is 15.1. The maximum absolute atomic E-state index is 2.56. The van der Waals surface area contributed by atoms with Crippen LogP contribution in [0.15, 0.2) is 48.5 Å². The fourth-order valence-electron chi connectivity index (χ4n) is 4.02. The molecule has 0 atom stereocenters. The molecule has 0 heterocycles. The van der Waals surface area contributed by atoms with Gasteiger partial charge in [0.1, 0.15) is 0 Å². The first kappa shape index (κ1) is 30.1. The molecule has 2 aromatic carbocycles. The van der Waals surface area contributed by atoms with Crippen LogP contribution in [-0.4, -0.2) is 26.2 Å². The Morgan fingerprint density at radius 1 is 0.441 bits per heavy atom. The molecule has 192 valence electrons. The van der Waals surface area contributed by atoms with Crippen LogP contribution in [0.5, 0.6) is 0 Å². The van der Waals surface area contributed by atoms with Gasteiger partial charge in [0.05, 0.1) is 0 Å². The number of unbranched alkanes of at least 4 members (excludes halogenated alkanes) is 4. The summed E-state index contributed by atoms with van der Waals surface area (Å²) in [6.07, 6.45) is 12.4. The van der Waals surface area contributed by atoms with Crippen LogP contribution in [0.4, 0.5) is 11.4 Å². The lowest BCUT2D eigenvalue weighted by atomic mass is 10.0. The second-order valence-corrected chi connectivity index (χ2v) is 9.61. The molecule has 0 aliphatic carbocycles. The van der Waals surface area contributed by atoms with Crippen LogP contribution >= 0.6 is 0 Å². The zero-order valence-electron chi connectivity index (χ0n) is 23.4. The molecular formula is C32H54N2. The fraction of sp³-hybridized carbons (Fsp3) is 0.625. The number of benzene rings is 2. The minimum Gasteiger partial charge on any atom is -0.372 e. The second-order valence-electron chi connectivity index (χ2n) is 9.61. The SMILES string of the molecule is CCC.CCCCN(CCCC)c1ccc(Cc2ccc(N(CCCC)CCCC)cc2)cc1. The number of rotatable bonds is 16. The summed E-state index contributed by atoms with van der Waals surface area (Å²) in [6.45, 7) is 18.0. The third-order valence-corrected chi connectivity index (χ3v) is 6.14. The van der Waals surface area contributed by atoms with E-state index in [0.717, 1.165) is 6.42 Å². The summed E-state index contributed by atoms with van der Waals surface area (Å²) in [7, 11) is 0. The van der Waals surface area contributed by atoms with E-state index in [4.69, 9.17) is 0 Å². The Bertz CT molecular complexity index is 627. The van der Waals surface area contributed by atoms with Crippen LogP contribution in [0, 0.1) is 0 Å². The minimum atomic E-state index is 1.01. The molecule has 0 radical (unpaired) electrons. The zero-order valence-corrected chi connectivity index (χ0v) is 23.4. The first-order valence-corrected chi connectivity index (χ1v) is 14.3. The molecule has 0 N–H and O–H groups in total. The molecule has 0 fully saturated rings. The Morgan fingerprint density at radius 2 is 0.706 bits per heavy atom. The van der Waals surface area contributed by atoms with Crippen molar-refractivity contribution in [1.82, 2.24) is 0 Å². The molecule has 2 rings (SSSR count). The highest BCUT2D eigenvalue weighted by Crippen LogP contribution is 2.21. The van der Waals surface area contributed by atoms with E-state index in [1.807, 2.05) is 0 Å². The van der Waals surface area contributed by atoms with Crippen molar-refractivity contribution >= 4 is 11.4 Å². The molecule has 34 heavy (non-hydrogen) atoms. The van der Waals surface area contributed by atoms with Gasteiger partial charge in [-0.05, 0) is 67.5 Å². The van der Waals surface area contributed by atoms with Gasteiger partial charge in [0.25, 0.3) is 0 Å². The van der Waals surface area contributed by atoms with E-state index < -0.39 is 0 Å². The second kappa shape index (κ2) is 19.4. The molecule has 2 heteroatoms. The highest BCUT2D eigenvalue weighted by molar-refractivity contribution is 5.50. The van der Waals surface area contributed by atoms with Gasteiger partial charge in [0, 0.05) is 37.6 Å². The van der Waals surface area contributed by atoms with Crippen molar-refractivity contribution in [3.8, 4) is 0 Å². The molecule has 0 amide bonds. The monoisotopic (exact) mass is 466 g/mol. The Labute approximate surface area is 212 Å². The van der Waals surface area contributed by atoms with E-state index in [0.29, 0.717) is 0 Å². The van der Waals surface area contributed by atoms with Crippen LogP contribution in [-0.2, 0) is 6.42 Å². The number of anilines is 2. The number of hydrogen-bond acceptors (Lipinski definition) is 2. The Kier molecular flexibility index (Phi) is 17.1. The van der Waals surface area contributed by atoms with Crippen molar-refractivity contribution in [2.75, 3.05) is 36.0 Å². The number of hydrogen-bond donors (Lipinski definition) is 0. The fourth-order valence-corrected chi connectivity index (χ4v) is 4.02. The Balaban J connectivity index is 0.00000182. The topological polar surface area (TPSA) is 6.48 Å². The van der Waals surface area contributed by atoms with Crippen molar-refractivity contribution in [3.63, 3.8) is 0 Å².